The number of nitrogens with one attached hydrogen (secondary N) is 1. The van der Waals surface area contributed by atoms with Crippen LogP contribution in [0.4, 0.5) is 0 Å². The smallest absolute Gasteiger partial charge is 0.193 e. The molecule has 1 N–H and O–H groups in total. The molecule has 2 saturated heterocycles. The number of piperazine rings is 1. The lowest BCUT2D eigenvalue weighted by molar-refractivity contribution is 0.139. The van der Waals surface area contributed by atoms with Crippen molar-refractivity contribution in [1.29, 1.82) is 0 Å². The van der Waals surface area contributed by atoms with Crippen molar-refractivity contribution in [3.05, 3.63) is 0 Å². The van der Waals surface area contributed by atoms with Gasteiger partial charge >= 0.3 is 0 Å². The van der Waals surface area contributed by atoms with Gasteiger partial charge in [-0.2, -0.15) is 0 Å². The number of rotatable bonds is 4. The lowest BCUT2D eigenvalue weighted by Crippen LogP contribution is -2.50. The predicted molar refractivity (Wildman–Crippen MR) is 114 cm³/mol. The first kappa shape index (κ1) is 22.0. The molecule has 0 amide bonds. The molecule has 0 spiro atoms. The monoisotopic (exact) mass is 451 g/mol. The number of guanidine groups is 1. The van der Waals surface area contributed by atoms with Gasteiger partial charge in [0.1, 0.15) is 0 Å². The van der Waals surface area contributed by atoms with Crippen molar-refractivity contribution < 1.29 is 0 Å². The molecule has 0 aromatic carbocycles. The van der Waals surface area contributed by atoms with Gasteiger partial charge in [-0.05, 0) is 31.2 Å². The van der Waals surface area contributed by atoms with Gasteiger partial charge < -0.3 is 20.0 Å². The fourth-order valence-electron chi connectivity index (χ4n) is 3.97. The Kier molecular flexibility index (Phi) is 9.89. The van der Waals surface area contributed by atoms with Crippen molar-refractivity contribution in [2.24, 2.45) is 22.7 Å². The number of hydrogen-bond donors (Lipinski definition) is 1. The predicted octanol–water partition coefficient (Wildman–Crippen LogP) is 2.04. The van der Waals surface area contributed by atoms with E-state index in [9.17, 15) is 0 Å². The van der Waals surface area contributed by atoms with Crippen LogP contribution in [0.15, 0.2) is 4.99 Å². The summed E-state index contributed by atoms with van der Waals surface area (Å²) >= 11 is 0. The topological polar surface area (TPSA) is 34.1 Å². The number of piperidine rings is 1. The van der Waals surface area contributed by atoms with Gasteiger partial charge in [-0.3, -0.25) is 4.99 Å². The average Bonchev–Trinajstić information content (AvgIpc) is 2.49. The SMILES string of the molecule is CN=C(NCC(C)CN1CCN(C)CC1)N1CC(C)CC(C)C1.I. The highest BCUT2D eigenvalue weighted by Gasteiger charge is 2.24. The highest BCUT2D eigenvalue weighted by Crippen LogP contribution is 2.20. The number of aliphatic imine (C=N–C) groups is 1. The van der Waals surface area contributed by atoms with Gasteiger partial charge in [0.15, 0.2) is 5.96 Å². The van der Waals surface area contributed by atoms with E-state index in [2.05, 4.69) is 52.8 Å². The molecule has 0 bridgehead atoms. The molecule has 2 rings (SSSR count). The fourth-order valence-corrected chi connectivity index (χ4v) is 3.97. The number of likely N-dealkylation sites (tertiary alicyclic amines) is 1. The van der Waals surface area contributed by atoms with E-state index in [0.717, 1.165) is 37.4 Å². The first-order chi connectivity index (χ1) is 11.0. The quantitative estimate of drug-likeness (QED) is 0.403. The second-order valence-corrected chi connectivity index (χ2v) is 7.99. The molecule has 2 fully saturated rings. The molecule has 0 aromatic heterocycles. The van der Waals surface area contributed by atoms with Gasteiger partial charge in [0.05, 0.1) is 0 Å². The molecule has 0 radical (unpaired) electrons. The van der Waals surface area contributed by atoms with E-state index >= 15 is 0 Å². The Balaban J connectivity index is 0.00000288. The van der Waals surface area contributed by atoms with Crippen LogP contribution in [0, 0.1) is 17.8 Å². The summed E-state index contributed by atoms with van der Waals surface area (Å²) in [6.07, 6.45) is 1.34. The molecule has 142 valence electrons. The Bertz CT molecular complexity index is 372. The van der Waals surface area contributed by atoms with E-state index in [1.165, 1.54) is 39.1 Å². The summed E-state index contributed by atoms with van der Waals surface area (Å²) in [5.41, 5.74) is 0. The Labute approximate surface area is 166 Å². The number of halogens is 1. The maximum atomic E-state index is 4.52. The Morgan fingerprint density at radius 1 is 1.12 bits per heavy atom. The van der Waals surface area contributed by atoms with Crippen molar-refractivity contribution in [2.45, 2.75) is 27.2 Å². The van der Waals surface area contributed by atoms with Gasteiger partial charge in [-0.15, -0.1) is 24.0 Å². The van der Waals surface area contributed by atoms with Crippen molar-refractivity contribution in [3.63, 3.8) is 0 Å². The Hall–Kier alpha value is -0.0800. The molecular weight excluding hydrogens is 413 g/mol. The second-order valence-electron chi connectivity index (χ2n) is 7.99. The summed E-state index contributed by atoms with van der Waals surface area (Å²) in [4.78, 5) is 12.0. The van der Waals surface area contributed by atoms with E-state index in [4.69, 9.17) is 0 Å². The molecule has 2 heterocycles. The zero-order chi connectivity index (χ0) is 16.8. The first-order valence-corrected chi connectivity index (χ1v) is 9.34. The van der Waals surface area contributed by atoms with Crippen LogP contribution in [-0.4, -0.2) is 87.1 Å². The zero-order valence-electron chi connectivity index (χ0n) is 16.3. The lowest BCUT2D eigenvalue weighted by Gasteiger charge is -2.38. The molecule has 0 saturated carbocycles. The summed E-state index contributed by atoms with van der Waals surface area (Å²) in [6, 6.07) is 0. The Morgan fingerprint density at radius 2 is 1.71 bits per heavy atom. The number of hydrogen-bond acceptors (Lipinski definition) is 3. The summed E-state index contributed by atoms with van der Waals surface area (Å²) in [5.74, 6) is 3.27. The maximum Gasteiger partial charge on any atom is 0.193 e. The third-order valence-corrected chi connectivity index (χ3v) is 5.15. The average molecular weight is 451 g/mol. The van der Waals surface area contributed by atoms with Gasteiger partial charge in [0.25, 0.3) is 0 Å². The van der Waals surface area contributed by atoms with Crippen LogP contribution in [0.2, 0.25) is 0 Å². The molecule has 3 atom stereocenters. The minimum absolute atomic E-state index is 0. The minimum atomic E-state index is 0. The molecule has 3 unspecified atom stereocenters. The molecule has 2 aliphatic heterocycles. The Morgan fingerprint density at radius 3 is 2.25 bits per heavy atom. The van der Waals surface area contributed by atoms with Crippen molar-refractivity contribution in [3.8, 4) is 0 Å². The van der Waals surface area contributed by atoms with Crippen LogP contribution in [0.3, 0.4) is 0 Å². The highest BCUT2D eigenvalue weighted by molar-refractivity contribution is 14.0. The van der Waals surface area contributed by atoms with Crippen LogP contribution >= 0.6 is 24.0 Å². The standard InChI is InChI=1S/C18H37N5.HI/c1-15-10-16(2)14-23(13-15)18(19-4)20-11-17(3)12-22-8-6-21(5)7-9-22;/h15-17H,6-14H2,1-5H3,(H,19,20);1H. The normalized spacial score (nSPS) is 28.4. The van der Waals surface area contributed by atoms with Crippen LogP contribution < -0.4 is 5.32 Å². The van der Waals surface area contributed by atoms with E-state index in [0.29, 0.717) is 5.92 Å². The lowest BCUT2D eigenvalue weighted by atomic mass is 9.92. The summed E-state index contributed by atoms with van der Waals surface area (Å²) in [5, 5.41) is 3.62. The molecule has 24 heavy (non-hydrogen) atoms. The number of nitrogens with zero attached hydrogens (tertiary/aromatic N) is 4. The second kappa shape index (κ2) is 10.8. The third-order valence-electron chi connectivity index (χ3n) is 5.15. The number of likely N-dealkylation sites (N-methyl/N-ethyl adjacent to an activating group) is 1. The maximum absolute atomic E-state index is 4.52. The molecular formula is C18H38IN5. The van der Waals surface area contributed by atoms with Crippen molar-refractivity contribution in [1.82, 2.24) is 20.0 Å². The summed E-state index contributed by atoms with van der Waals surface area (Å²) < 4.78 is 0. The van der Waals surface area contributed by atoms with E-state index in [1.54, 1.807) is 0 Å². The van der Waals surface area contributed by atoms with Gasteiger partial charge in [0.2, 0.25) is 0 Å². The largest absolute Gasteiger partial charge is 0.356 e. The highest BCUT2D eigenvalue weighted by atomic mass is 127. The van der Waals surface area contributed by atoms with Crippen LogP contribution in [0.1, 0.15) is 27.2 Å². The molecule has 0 aromatic rings. The van der Waals surface area contributed by atoms with E-state index in [-0.39, 0.29) is 24.0 Å². The fraction of sp³-hybridized carbons (Fsp3) is 0.944. The van der Waals surface area contributed by atoms with Gasteiger partial charge in [-0.1, -0.05) is 20.8 Å². The van der Waals surface area contributed by atoms with Crippen LogP contribution in [-0.2, 0) is 0 Å². The van der Waals surface area contributed by atoms with E-state index < -0.39 is 0 Å². The zero-order valence-corrected chi connectivity index (χ0v) is 18.6. The molecule has 2 aliphatic rings. The molecule has 6 heteroatoms. The minimum Gasteiger partial charge on any atom is -0.356 e. The third kappa shape index (κ3) is 7.04. The van der Waals surface area contributed by atoms with Crippen molar-refractivity contribution >= 4 is 29.9 Å². The van der Waals surface area contributed by atoms with Crippen LogP contribution in [0.25, 0.3) is 0 Å². The van der Waals surface area contributed by atoms with Crippen LogP contribution in [0.5, 0.6) is 0 Å². The van der Waals surface area contributed by atoms with E-state index in [1.807, 2.05) is 7.05 Å². The van der Waals surface area contributed by atoms with Crippen molar-refractivity contribution in [2.75, 3.05) is 66.5 Å². The summed E-state index contributed by atoms with van der Waals surface area (Å²) in [6.45, 7) is 16.3. The molecule has 5 nitrogen and oxygen atoms in total. The molecule has 0 aliphatic carbocycles. The first-order valence-electron chi connectivity index (χ1n) is 9.34. The van der Waals surface area contributed by atoms with Gasteiger partial charge in [0, 0.05) is 59.4 Å². The summed E-state index contributed by atoms with van der Waals surface area (Å²) in [7, 11) is 4.13. The van der Waals surface area contributed by atoms with Gasteiger partial charge in [-0.25, -0.2) is 0 Å².